The fourth-order valence-electron chi connectivity index (χ4n) is 4.34. The summed E-state index contributed by atoms with van der Waals surface area (Å²) in [7, 11) is 1.61. The molecule has 3 heterocycles. The van der Waals surface area contributed by atoms with Gasteiger partial charge >= 0.3 is 0 Å². The maximum absolute atomic E-state index is 13.3. The van der Waals surface area contributed by atoms with Gasteiger partial charge < -0.3 is 19.0 Å². The molecule has 9 heteroatoms. The number of benzene rings is 2. The highest BCUT2D eigenvalue weighted by Crippen LogP contribution is 2.41. The molecule has 0 fully saturated rings. The molecule has 1 N–H and O–H groups in total. The van der Waals surface area contributed by atoms with Gasteiger partial charge in [-0.3, -0.25) is 14.9 Å². The van der Waals surface area contributed by atoms with Crippen LogP contribution in [0.2, 0.25) is 5.02 Å². The highest BCUT2D eigenvalue weighted by Gasteiger charge is 2.36. The Bertz CT molecular complexity index is 1350. The van der Waals surface area contributed by atoms with Crippen LogP contribution in [-0.2, 0) is 6.42 Å². The lowest BCUT2D eigenvalue weighted by Gasteiger charge is -2.35. The zero-order valence-electron chi connectivity index (χ0n) is 17.0. The molecule has 0 spiro atoms. The number of aromatic nitrogens is 1. The quantitative estimate of drug-likeness (QED) is 0.343. The van der Waals surface area contributed by atoms with Crippen molar-refractivity contribution in [2.45, 2.75) is 12.5 Å². The molecular weight excluding hydrogens is 434 g/mol. The second-order valence-electron chi connectivity index (χ2n) is 7.53. The SMILES string of the molecule is COc1ccc2[nH]c3c(c2c1)CCN(C(=O)c1ccco1)[C@H]3c1ccc(Cl)c([N+](=O)[O-])c1. The summed E-state index contributed by atoms with van der Waals surface area (Å²) in [6.45, 7) is 0.414. The molecule has 1 amide bonds. The number of hydrogen-bond acceptors (Lipinski definition) is 5. The molecule has 0 radical (unpaired) electrons. The van der Waals surface area contributed by atoms with Crippen molar-refractivity contribution in [2.24, 2.45) is 0 Å². The van der Waals surface area contributed by atoms with Gasteiger partial charge in [-0.2, -0.15) is 0 Å². The smallest absolute Gasteiger partial charge is 0.290 e. The van der Waals surface area contributed by atoms with Crippen LogP contribution in [-0.4, -0.2) is 34.4 Å². The third kappa shape index (κ3) is 3.20. The van der Waals surface area contributed by atoms with E-state index in [9.17, 15) is 14.9 Å². The first kappa shape index (κ1) is 20.1. The Morgan fingerprint density at radius 2 is 2.12 bits per heavy atom. The molecule has 32 heavy (non-hydrogen) atoms. The van der Waals surface area contributed by atoms with Crippen LogP contribution in [0.3, 0.4) is 0 Å². The average molecular weight is 452 g/mol. The summed E-state index contributed by atoms with van der Waals surface area (Å²) in [5.41, 5.74) is 3.12. The van der Waals surface area contributed by atoms with E-state index in [4.69, 9.17) is 20.8 Å². The molecular formula is C23H18ClN3O5. The minimum absolute atomic E-state index is 0.0417. The molecule has 0 saturated heterocycles. The lowest BCUT2D eigenvalue weighted by molar-refractivity contribution is -0.384. The summed E-state index contributed by atoms with van der Waals surface area (Å²) in [5, 5.41) is 12.6. The molecule has 1 atom stereocenters. The fourth-order valence-corrected chi connectivity index (χ4v) is 4.53. The third-order valence-electron chi connectivity index (χ3n) is 5.81. The van der Waals surface area contributed by atoms with Crippen LogP contribution < -0.4 is 4.74 Å². The Morgan fingerprint density at radius 3 is 2.84 bits per heavy atom. The van der Waals surface area contributed by atoms with Crippen molar-refractivity contribution >= 4 is 34.1 Å². The lowest BCUT2D eigenvalue weighted by Crippen LogP contribution is -2.40. The van der Waals surface area contributed by atoms with Crippen molar-refractivity contribution in [3.63, 3.8) is 0 Å². The Balaban J connectivity index is 1.71. The maximum Gasteiger partial charge on any atom is 0.290 e. The minimum atomic E-state index is -0.578. The number of H-pyrrole nitrogens is 1. The Morgan fingerprint density at radius 1 is 1.28 bits per heavy atom. The van der Waals surface area contributed by atoms with Crippen LogP contribution in [0.25, 0.3) is 10.9 Å². The molecule has 2 aromatic heterocycles. The number of nitrogens with one attached hydrogen (secondary N) is 1. The number of furan rings is 1. The molecule has 2 aromatic carbocycles. The van der Waals surface area contributed by atoms with Crippen molar-refractivity contribution in [1.29, 1.82) is 0 Å². The van der Waals surface area contributed by atoms with Crippen molar-refractivity contribution in [2.75, 3.05) is 13.7 Å². The third-order valence-corrected chi connectivity index (χ3v) is 6.13. The fraction of sp³-hybridized carbons (Fsp3) is 0.174. The molecule has 0 saturated carbocycles. The molecule has 162 valence electrons. The second-order valence-corrected chi connectivity index (χ2v) is 7.93. The summed E-state index contributed by atoms with van der Waals surface area (Å²) in [5.74, 6) is 0.645. The normalized spacial score (nSPS) is 15.6. The molecule has 8 nitrogen and oxygen atoms in total. The van der Waals surface area contributed by atoms with Crippen LogP contribution in [0.4, 0.5) is 5.69 Å². The van der Waals surface area contributed by atoms with E-state index >= 15 is 0 Å². The predicted octanol–water partition coefficient (Wildman–Crippen LogP) is 5.12. The number of ether oxygens (including phenoxy) is 1. The number of fused-ring (bicyclic) bond motifs is 3. The zero-order valence-corrected chi connectivity index (χ0v) is 17.8. The molecule has 5 rings (SSSR count). The summed E-state index contributed by atoms with van der Waals surface area (Å²) < 4.78 is 10.7. The Hall–Kier alpha value is -3.78. The molecule has 1 aliphatic heterocycles. The first-order valence-electron chi connectivity index (χ1n) is 9.94. The number of amides is 1. The Labute approximate surface area is 187 Å². The van der Waals surface area contributed by atoms with Crippen LogP contribution in [0.5, 0.6) is 5.75 Å². The van der Waals surface area contributed by atoms with Gasteiger partial charge in [-0.1, -0.05) is 17.7 Å². The van der Waals surface area contributed by atoms with Crippen LogP contribution in [0, 0.1) is 10.1 Å². The number of halogens is 1. The number of carbonyl (C=O) groups is 1. The van der Waals surface area contributed by atoms with Crippen LogP contribution in [0.1, 0.15) is 33.4 Å². The number of rotatable bonds is 4. The van der Waals surface area contributed by atoms with Crippen LogP contribution >= 0.6 is 11.6 Å². The number of hydrogen-bond donors (Lipinski definition) is 1. The molecule has 4 aromatic rings. The van der Waals surface area contributed by atoms with Gasteiger partial charge in [0.05, 0.1) is 24.3 Å². The van der Waals surface area contributed by atoms with Gasteiger partial charge in [0.15, 0.2) is 5.76 Å². The standard InChI is InChI=1S/C23H18ClN3O5/c1-31-14-5-7-18-16(12-14)15-8-9-26(23(28)20-3-2-10-32-20)22(21(15)25-18)13-4-6-17(24)19(11-13)27(29)30/h2-7,10-12,22,25H,8-9H2,1H3/t22-/m0/s1. The van der Waals surface area contributed by atoms with Gasteiger partial charge in [-0.05, 0) is 53.9 Å². The van der Waals surface area contributed by atoms with E-state index in [2.05, 4.69) is 4.98 Å². The predicted molar refractivity (Wildman–Crippen MR) is 118 cm³/mol. The first-order valence-corrected chi connectivity index (χ1v) is 10.3. The largest absolute Gasteiger partial charge is 0.497 e. The summed E-state index contributed by atoms with van der Waals surface area (Å²) >= 11 is 6.05. The van der Waals surface area contributed by atoms with Gasteiger partial charge in [0.25, 0.3) is 11.6 Å². The number of carbonyl (C=O) groups excluding carboxylic acids is 1. The Kier molecular flexibility index (Phi) is 4.86. The van der Waals surface area contributed by atoms with E-state index in [1.807, 2.05) is 18.2 Å². The maximum atomic E-state index is 13.3. The number of nitro benzene ring substituents is 1. The highest BCUT2D eigenvalue weighted by molar-refractivity contribution is 6.32. The van der Waals surface area contributed by atoms with Gasteiger partial charge in [-0.25, -0.2) is 0 Å². The van der Waals surface area contributed by atoms with E-state index in [-0.39, 0.29) is 22.4 Å². The van der Waals surface area contributed by atoms with Gasteiger partial charge in [0, 0.05) is 29.2 Å². The van der Waals surface area contributed by atoms with Crippen molar-refractivity contribution in [3.05, 3.63) is 92.5 Å². The van der Waals surface area contributed by atoms with Gasteiger partial charge in [0.1, 0.15) is 10.8 Å². The lowest BCUT2D eigenvalue weighted by atomic mass is 9.91. The second kappa shape index (κ2) is 7.72. The number of methoxy groups -OCH3 is 1. The van der Waals surface area contributed by atoms with E-state index in [1.54, 1.807) is 30.2 Å². The first-order chi connectivity index (χ1) is 15.5. The number of aromatic amines is 1. The summed E-state index contributed by atoms with van der Waals surface area (Å²) in [4.78, 5) is 29.4. The topological polar surface area (TPSA) is 102 Å². The summed E-state index contributed by atoms with van der Waals surface area (Å²) in [6.07, 6.45) is 2.06. The van der Waals surface area contributed by atoms with Crippen molar-refractivity contribution in [1.82, 2.24) is 9.88 Å². The van der Waals surface area contributed by atoms with E-state index < -0.39 is 11.0 Å². The monoisotopic (exact) mass is 451 g/mol. The number of nitro groups is 1. The highest BCUT2D eigenvalue weighted by atomic mass is 35.5. The number of nitrogens with zero attached hydrogens (tertiary/aromatic N) is 2. The van der Waals surface area contributed by atoms with E-state index in [1.165, 1.54) is 18.4 Å². The minimum Gasteiger partial charge on any atom is -0.497 e. The molecule has 0 unspecified atom stereocenters. The van der Waals surface area contributed by atoms with Crippen molar-refractivity contribution in [3.8, 4) is 5.75 Å². The molecule has 0 bridgehead atoms. The van der Waals surface area contributed by atoms with Gasteiger partial charge in [-0.15, -0.1) is 0 Å². The van der Waals surface area contributed by atoms with Crippen molar-refractivity contribution < 1.29 is 18.9 Å². The van der Waals surface area contributed by atoms with Gasteiger partial charge in [0.2, 0.25) is 0 Å². The molecule has 0 aliphatic carbocycles. The van der Waals surface area contributed by atoms with E-state index in [0.29, 0.717) is 18.5 Å². The average Bonchev–Trinajstić information content (AvgIpc) is 3.46. The van der Waals surface area contributed by atoms with Crippen LogP contribution in [0.15, 0.2) is 59.2 Å². The van der Waals surface area contributed by atoms with E-state index in [0.717, 1.165) is 27.9 Å². The molecule has 1 aliphatic rings. The summed E-state index contributed by atoms with van der Waals surface area (Å²) in [6, 6.07) is 13.0. The zero-order chi connectivity index (χ0) is 22.4.